The number of aromatic nitrogens is 2. The van der Waals surface area contributed by atoms with E-state index in [4.69, 9.17) is 9.05 Å². The molecule has 0 saturated carbocycles. The number of benzene rings is 1. The van der Waals surface area contributed by atoms with Crippen LogP contribution in [0.2, 0.25) is 0 Å². The summed E-state index contributed by atoms with van der Waals surface area (Å²) in [5, 5.41) is 9.07. The molecule has 0 bridgehead atoms. The van der Waals surface area contributed by atoms with Gasteiger partial charge >= 0.3 is 7.60 Å². The van der Waals surface area contributed by atoms with Gasteiger partial charge in [0.15, 0.2) is 0 Å². The first-order chi connectivity index (χ1) is 8.71. The number of hydrogen-bond donors (Lipinski definition) is 0. The van der Waals surface area contributed by atoms with E-state index in [2.05, 4.69) is 10.2 Å². The molecular formula is C12H15N2O3P. The molecule has 2 rings (SSSR count). The van der Waals surface area contributed by atoms with Crippen molar-refractivity contribution < 1.29 is 13.6 Å². The Morgan fingerprint density at radius 2 is 1.83 bits per heavy atom. The van der Waals surface area contributed by atoms with Gasteiger partial charge in [0, 0.05) is 5.39 Å². The Hall–Kier alpha value is -1.29. The topological polar surface area (TPSA) is 61.3 Å². The lowest BCUT2D eigenvalue weighted by molar-refractivity contribution is 0.230. The van der Waals surface area contributed by atoms with Gasteiger partial charge in [-0.3, -0.25) is 4.57 Å². The van der Waals surface area contributed by atoms with Crippen LogP contribution in [-0.2, 0) is 13.6 Å². The Kier molecular flexibility index (Phi) is 4.07. The summed E-state index contributed by atoms with van der Waals surface area (Å²) in [5.74, 6) is 0. The number of hydrogen-bond acceptors (Lipinski definition) is 5. The number of fused-ring (bicyclic) bond motifs is 1. The molecule has 0 spiro atoms. The maximum Gasteiger partial charge on any atom is 0.363 e. The molecule has 18 heavy (non-hydrogen) atoms. The number of nitrogens with zero attached hydrogens (tertiary/aromatic N) is 2. The molecule has 0 amide bonds. The van der Waals surface area contributed by atoms with Gasteiger partial charge in [0.05, 0.1) is 30.2 Å². The van der Waals surface area contributed by atoms with Gasteiger partial charge in [0.2, 0.25) is 0 Å². The summed E-state index contributed by atoms with van der Waals surface area (Å²) in [4.78, 5) is 0. The van der Waals surface area contributed by atoms with Crippen LogP contribution in [0, 0.1) is 0 Å². The van der Waals surface area contributed by atoms with Crippen LogP contribution in [-0.4, -0.2) is 23.4 Å². The summed E-state index contributed by atoms with van der Waals surface area (Å²) >= 11 is 0. The van der Waals surface area contributed by atoms with Gasteiger partial charge in [-0.1, -0.05) is 18.2 Å². The molecule has 6 heteroatoms. The van der Waals surface area contributed by atoms with E-state index in [1.165, 1.54) is 6.20 Å². The highest BCUT2D eigenvalue weighted by Crippen LogP contribution is 2.47. The lowest BCUT2D eigenvalue weighted by Crippen LogP contribution is -2.13. The van der Waals surface area contributed by atoms with E-state index in [1.807, 2.05) is 24.3 Å². The Morgan fingerprint density at radius 1 is 1.17 bits per heavy atom. The highest BCUT2D eigenvalue weighted by atomic mass is 31.2. The Labute approximate surface area is 106 Å². The minimum Gasteiger partial charge on any atom is -0.305 e. The molecule has 96 valence electrons. The first-order valence-corrected chi connectivity index (χ1v) is 7.35. The molecule has 0 aliphatic carbocycles. The lowest BCUT2D eigenvalue weighted by atomic mass is 10.2. The van der Waals surface area contributed by atoms with E-state index in [1.54, 1.807) is 13.8 Å². The summed E-state index contributed by atoms with van der Waals surface area (Å²) in [5.41, 5.74) is 0.676. The quantitative estimate of drug-likeness (QED) is 0.778. The predicted octanol–water partition coefficient (Wildman–Crippen LogP) is 2.52. The van der Waals surface area contributed by atoms with E-state index in [0.29, 0.717) is 24.0 Å². The molecule has 0 atom stereocenters. The summed E-state index contributed by atoms with van der Waals surface area (Å²) in [7, 11) is -3.32. The van der Waals surface area contributed by atoms with Crippen molar-refractivity contribution in [2.75, 3.05) is 13.2 Å². The summed E-state index contributed by atoms with van der Waals surface area (Å²) in [6.07, 6.45) is 1.45. The third kappa shape index (κ3) is 2.43. The molecule has 1 heterocycles. The van der Waals surface area contributed by atoms with Gasteiger partial charge in [-0.05, 0) is 19.9 Å². The zero-order valence-electron chi connectivity index (χ0n) is 10.4. The standard InChI is InChI=1S/C12H15N2O3P/c1-3-16-18(15,17-4-2)12-9-13-14-11-8-6-5-7-10(11)12/h5-9H,3-4H2,1-2H3. The molecule has 0 fully saturated rings. The minimum absolute atomic E-state index is 0.313. The summed E-state index contributed by atoms with van der Waals surface area (Å²) < 4.78 is 23.4. The molecule has 1 aromatic heterocycles. The SMILES string of the molecule is CCOP(=O)(OCC)c1cnnc2ccccc12. The fourth-order valence-corrected chi connectivity index (χ4v) is 3.44. The number of rotatable bonds is 5. The van der Waals surface area contributed by atoms with Crippen molar-refractivity contribution in [2.45, 2.75) is 13.8 Å². The molecule has 0 N–H and O–H groups in total. The van der Waals surface area contributed by atoms with E-state index in [-0.39, 0.29) is 0 Å². The van der Waals surface area contributed by atoms with Crippen molar-refractivity contribution in [2.24, 2.45) is 0 Å². The molecule has 0 saturated heterocycles. The van der Waals surface area contributed by atoms with E-state index in [9.17, 15) is 4.57 Å². The molecule has 0 aliphatic heterocycles. The van der Waals surface area contributed by atoms with Crippen molar-refractivity contribution in [1.29, 1.82) is 0 Å². The predicted molar refractivity (Wildman–Crippen MR) is 70.0 cm³/mol. The first-order valence-electron chi connectivity index (χ1n) is 5.81. The lowest BCUT2D eigenvalue weighted by Gasteiger charge is -2.17. The minimum atomic E-state index is -3.32. The maximum absolute atomic E-state index is 12.7. The van der Waals surface area contributed by atoms with Crippen LogP contribution in [0.3, 0.4) is 0 Å². The highest BCUT2D eigenvalue weighted by Gasteiger charge is 2.29. The van der Waals surface area contributed by atoms with Crippen LogP contribution in [0.15, 0.2) is 30.5 Å². The molecule has 0 unspecified atom stereocenters. The van der Waals surface area contributed by atoms with E-state index >= 15 is 0 Å². The average Bonchev–Trinajstić information content (AvgIpc) is 2.38. The third-order valence-corrected chi connectivity index (χ3v) is 4.56. The monoisotopic (exact) mass is 266 g/mol. The van der Waals surface area contributed by atoms with Gasteiger partial charge in [0.1, 0.15) is 0 Å². The summed E-state index contributed by atoms with van der Waals surface area (Å²) in [6, 6.07) is 7.36. The fraction of sp³-hybridized carbons (Fsp3) is 0.333. The largest absolute Gasteiger partial charge is 0.363 e. The summed E-state index contributed by atoms with van der Waals surface area (Å²) in [6.45, 7) is 4.19. The molecule has 1 aromatic carbocycles. The Morgan fingerprint density at radius 3 is 2.50 bits per heavy atom. The van der Waals surface area contributed by atoms with Crippen LogP contribution in [0.1, 0.15) is 13.8 Å². The van der Waals surface area contributed by atoms with Crippen molar-refractivity contribution in [1.82, 2.24) is 10.2 Å². The first kappa shape index (κ1) is 13.1. The molecule has 5 nitrogen and oxygen atoms in total. The highest BCUT2D eigenvalue weighted by molar-refractivity contribution is 7.62. The van der Waals surface area contributed by atoms with Crippen LogP contribution in [0.5, 0.6) is 0 Å². The van der Waals surface area contributed by atoms with Gasteiger partial charge < -0.3 is 9.05 Å². The van der Waals surface area contributed by atoms with Crippen molar-refractivity contribution in [3.05, 3.63) is 30.5 Å². The van der Waals surface area contributed by atoms with Gasteiger partial charge in [-0.2, -0.15) is 10.2 Å². The fourth-order valence-electron chi connectivity index (χ4n) is 1.73. The van der Waals surface area contributed by atoms with Crippen molar-refractivity contribution in [3.8, 4) is 0 Å². The second kappa shape index (κ2) is 5.57. The Balaban J connectivity index is 2.61. The average molecular weight is 266 g/mol. The van der Waals surface area contributed by atoms with E-state index < -0.39 is 7.60 Å². The zero-order chi connectivity index (χ0) is 13.0. The maximum atomic E-state index is 12.7. The van der Waals surface area contributed by atoms with Crippen LogP contribution < -0.4 is 5.30 Å². The molecule has 0 radical (unpaired) electrons. The smallest absolute Gasteiger partial charge is 0.305 e. The van der Waals surface area contributed by atoms with Crippen molar-refractivity contribution in [3.63, 3.8) is 0 Å². The van der Waals surface area contributed by atoms with Gasteiger partial charge in [0.25, 0.3) is 0 Å². The molecule has 2 aromatic rings. The molecule has 0 aliphatic rings. The van der Waals surface area contributed by atoms with Crippen LogP contribution >= 0.6 is 7.60 Å². The van der Waals surface area contributed by atoms with Crippen LogP contribution in [0.25, 0.3) is 10.9 Å². The van der Waals surface area contributed by atoms with Gasteiger partial charge in [-0.25, -0.2) is 0 Å². The van der Waals surface area contributed by atoms with E-state index in [0.717, 1.165) is 5.39 Å². The third-order valence-electron chi connectivity index (χ3n) is 2.42. The van der Waals surface area contributed by atoms with Crippen molar-refractivity contribution >= 4 is 23.8 Å². The zero-order valence-corrected chi connectivity index (χ0v) is 11.3. The Bertz CT molecular complexity index is 573. The normalized spacial score (nSPS) is 11.9. The van der Waals surface area contributed by atoms with Gasteiger partial charge in [-0.15, -0.1) is 0 Å². The molecular weight excluding hydrogens is 251 g/mol. The van der Waals surface area contributed by atoms with Crippen LogP contribution in [0.4, 0.5) is 0 Å². The second-order valence-electron chi connectivity index (χ2n) is 3.58. The second-order valence-corrected chi connectivity index (χ2v) is 5.57.